The minimum atomic E-state index is -3.81. The summed E-state index contributed by atoms with van der Waals surface area (Å²) in [5.41, 5.74) is 2.04. The van der Waals surface area contributed by atoms with Crippen LogP contribution in [0.2, 0.25) is 0 Å². The summed E-state index contributed by atoms with van der Waals surface area (Å²) in [5, 5.41) is 6.89. The summed E-state index contributed by atoms with van der Waals surface area (Å²) >= 11 is 0. The van der Waals surface area contributed by atoms with E-state index in [0.29, 0.717) is 12.1 Å². The van der Waals surface area contributed by atoms with Crippen molar-refractivity contribution in [3.05, 3.63) is 41.7 Å². The molecule has 3 rings (SSSR count). The summed E-state index contributed by atoms with van der Waals surface area (Å²) in [5.74, 6) is -0.687. The van der Waals surface area contributed by atoms with Crippen LogP contribution in [0.3, 0.4) is 0 Å². The van der Waals surface area contributed by atoms with Crippen molar-refractivity contribution in [3.63, 3.8) is 0 Å². The fourth-order valence-corrected chi connectivity index (χ4v) is 4.80. The van der Waals surface area contributed by atoms with Crippen LogP contribution in [0.25, 0.3) is 0 Å². The van der Waals surface area contributed by atoms with E-state index in [1.807, 2.05) is 0 Å². The number of carbonyl (C=O) groups excluding carboxylic acids is 2. The van der Waals surface area contributed by atoms with E-state index in [0.717, 1.165) is 24.1 Å². The number of ether oxygens (including phenoxy) is 1. The van der Waals surface area contributed by atoms with Crippen LogP contribution < -0.4 is 10.0 Å². The number of hydrogen-bond acceptors (Lipinski definition) is 6. The molecule has 1 aromatic heterocycles. The molecule has 0 bridgehead atoms. The summed E-state index contributed by atoms with van der Waals surface area (Å²) < 4.78 is 35.4. The van der Waals surface area contributed by atoms with Crippen molar-refractivity contribution in [2.75, 3.05) is 5.32 Å². The highest BCUT2D eigenvalue weighted by Gasteiger charge is 2.30. The Morgan fingerprint density at radius 2 is 2.07 bits per heavy atom. The summed E-state index contributed by atoms with van der Waals surface area (Å²) in [4.78, 5) is 22.5. The van der Waals surface area contributed by atoms with Crippen LogP contribution in [0.4, 0.5) is 5.69 Å². The summed E-state index contributed by atoms with van der Waals surface area (Å²) in [6, 6.07) is 5.65. The Morgan fingerprint density at radius 1 is 1.31 bits per heavy atom. The molecule has 0 radical (unpaired) electrons. The molecule has 1 aromatic carbocycles. The molecule has 29 heavy (non-hydrogen) atoms. The number of rotatable bonds is 6. The van der Waals surface area contributed by atoms with Gasteiger partial charge in [-0.2, -0.15) is 5.10 Å². The van der Waals surface area contributed by atoms with Crippen molar-refractivity contribution in [3.8, 4) is 0 Å². The smallest absolute Gasteiger partial charge is 0.304 e. The number of benzene rings is 1. The van der Waals surface area contributed by atoms with Gasteiger partial charge in [0, 0.05) is 30.8 Å². The molecule has 0 saturated carbocycles. The lowest BCUT2D eigenvalue weighted by Crippen LogP contribution is -2.31. The molecule has 156 valence electrons. The van der Waals surface area contributed by atoms with Crippen molar-refractivity contribution in [2.45, 2.75) is 57.2 Å². The normalized spacial score (nSPS) is 17.3. The molecule has 0 spiro atoms. The molecule has 2 atom stereocenters. The minimum absolute atomic E-state index is 0.0662. The van der Waals surface area contributed by atoms with E-state index in [2.05, 4.69) is 15.1 Å². The zero-order chi connectivity index (χ0) is 21.2. The molecule has 0 fully saturated rings. The van der Waals surface area contributed by atoms with Crippen molar-refractivity contribution in [1.29, 1.82) is 0 Å². The maximum absolute atomic E-state index is 12.9. The van der Waals surface area contributed by atoms with Crippen LogP contribution in [0.1, 0.15) is 57.1 Å². The number of hydrogen-bond donors (Lipinski definition) is 2. The zero-order valence-corrected chi connectivity index (χ0v) is 17.3. The first kappa shape index (κ1) is 21.0. The van der Waals surface area contributed by atoms with Gasteiger partial charge in [-0.25, -0.2) is 17.8 Å². The van der Waals surface area contributed by atoms with Crippen LogP contribution in [0.15, 0.2) is 35.4 Å². The van der Waals surface area contributed by atoms with E-state index in [4.69, 9.17) is 4.74 Å². The lowest BCUT2D eigenvalue weighted by Gasteiger charge is -2.25. The van der Waals surface area contributed by atoms with Gasteiger partial charge in [-0.05, 0) is 44.4 Å². The number of nitrogens with one attached hydrogen (secondary N) is 2. The van der Waals surface area contributed by atoms with Crippen LogP contribution in [0.5, 0.6) is 0 Å². The highest BCUT2D eigenvalue weighted by Crippen LogP contribution is 2.32. The minimum Gasteiger partial charge on any atom is -0.440 e. The van der Waals surface area contributed by atoms with E-state index in [1.165, 1.54) is 26.0 Å². The third-order valence-electron chi connectivity index (χ3n) is 4.66. The second-order valence-electron chi connectivity index (χ2n) is 6.98. The van der Waals surface area contributed by atoms with Gasteiger partial charge in [0.2, 0.25) is 15.9 Å². The van der Waals surface area contributed by atoms with Crippen molar-refractivity contribution in [2.24, 2.45) is 0 Å². The van der Waals surface area contributed by atoms with Gasteiger partial charge in [-0.1, -0.05) is 6.07 Å². The summed E-state index contributed by atoms with van der Waals surface area (Å²) in [7, 11) is -3.81. The van der Waals surface area contributed by atoms with Gasteiger partial charge in [-0.15, -0.1) is 0 Å². The summed E-state index contributed by atoms with van der Waals surface area (Å²) in [6.07, 6.45) is 3.17. The highest BCUT2D eigenvalue weighted by molar-refractivity contribution is 7.89. The molecular formula is C19H24N4O5S. The van der Waals surface area contributed by atoms with Crippen LogP contribution in [0, 0.1) is 0 Å². The van der Waals surface area contributed by atoms with E-state index < -0.39 is 28.3 Å². The van der Waals surface area contributed by atoms with Crippen molar-refractivity contribution >= 4 is 27.6 Å². The molecule has 2 unspecified atom stereocenters. The van der Waals surface area contributed by atoms with Crippen molar-refractivity contribution < 1.29 is 22.7 Å². The molecular weight excluding hydrogens is 396 g/mol. The second-order valence-corrected chi connectivity index (χ2v) is 8.69. The van der Waals surface area contributed by atoms with Gasteiger partial charge < -0.3 is 10.1 Å². The van der Waals surface area contributed by atoms with E-state index in [9.17, 15) is 18.0 Å². The number of anilines is 1. The number of esters is 1. The van der Waals surface area contributed by atoms with Gasteiger partial charge in [-0.3, -0.25) is 9.59 Å². The third-order valence-corrected chi connectivity index (χ3v) is 6.13. The fourth-order valence-electron chi connectivity index (χ4n) is 3.51. The predicted molar refractivity (Wildman–Crippen MR) is 105 cm³/mol. The molecule has 10 heteroatoms. The lowest BCUT2D eigenvalue weighted by atomic mass is 9.94. The molecule has 1 aliphatic carbocycles. The number of sulfonamides is 1. The largest absolute Gasteiger partial charge is 0.440 e. The Hall–Kier alpha value is -2.72. The van der Waals surface area contributed by atoms with Gasteiger partial charge in [0.25, 0.3) is 0 Å². The Morgan fingerprint density at radius 3 is 2.76 bits per heavy atom. The monoisotopic (exact) mass is 420 g/mol. The molecule has 1 amide bonds. The molecule has 0 saturated heterocycles. The standard InChI is InChI=1S/C19H24N4O5S/c1-12(24)21-15-6-4-7-16(10-15)29(26,27)22-18-8-5-9-19-17(18)11-20-23(19)13(2)28-14(3)25/h4,6-7,10-11,13,18,22H,5,8-9H2,1-3H3,(H,21,24). The lowest BCUT2D eigenvalue weighted by molar-refractivity contribution is -0.150. The maximum atomic E-state index is 12.9. The predicted octanol–water partition coefficient (Wildman–Crippen LogP) is 2.28. The highest BCUT2D eigenvalue weighted by atomic mass is 32.2. The van der Waals surface area contributed by atoms with Gasteiger partial charge in [0.05, 0.1) is 17.1 Å². The number of amides is 1. The van der Waals surface area contributed by atoms with E-state index in [-0.39, 0.29) is 10.8 Å². The Labute approximate surface area is 169 Å². The Bertz CT molecular complexity index is 1030. The number of fused-ring (bicyclic) bond motifs is 1. The zero-order valence-electron chi connectivity index (χ0n) is 16.5. The van der Waals surface area contributed by atoms with Crippen molar-refractivity contribution in [1.82, 2.24) is 14.5 Å². The van der Waals surface area contributed by atoms with Crippen LogP contribution in [-0.2, 0) is 30.8 Å². The van der Waals surface area contributed by atoms with E-state index in [1.54, 1.807) is 29.9 Å². The molecule has 2 N–H and O–H groups in total. The first-order valence-electron chi connectivity index (χ1n) is 9.31. The number of nitrogens with zero attached hydrogens (tertiary/aromatic N) is 2. The second kappa shape index (κ2) is 8.34. The number of carbonyl (C=O) groups is 2. The Balaban J connectivity index is 1.84. The van der Waals surface area contributed by atoms with Crippen LogP contribution >= 0.6 is 0 Å². The SMILES string of the molecule is CC(=O)Nc1cccc(S(=O)(=O)NC2CCCc3c2cnn3C(C)OC(C)=O)c1. The average Bonchev–Trinajstić information content (AvgIpc) is 3.06. The first-order valence-corrected chi connectivity index (χ1v) is 10.8. The molecule has 2 aromatic rings. The molecule has 0 aliphatic heterocycles. The third kappa shape index (κ3) is 4.83. The fraction of sp³-hybridized carbons (Fsp3) is 0.421. The topological polar surface area (TPSA) is 119 Å². The first-order chi connectivity index (χ1) is 13.7. The van der Waals surface area contributed by atoms with Gasteiger partial charge >= 0.3 is 5.97 Å². The summed E-state index contributed by atoms with van der Waals surface area (Å²) in [6.45, 7) is 4.41. The van der Waals surface area contributed by atoms with Gasteiger partial charge in [0.1, 0.15) is 0 Å². The Kier molecular flexibility index (Phi) is 6.04. The maximum Gasteiger partial charge on any atom is 0.304 e. The quantitative estimate of drug-likeness (QED) is 0.692. The average molecular weight is 420 g/mol. The van der Waals surface area contributed by atoms with E-state index >= 15 is 0 Å². The van der Waals surface area contributed by atoms with Crippen LogP contribution in [-0.4, -0.2) is 30.1 Å². The molecule has 1 aliphatic rings. The number of aromatic nitrogens is 2. The molecule has 9 nitrogen and oxygen atoms in total. The van der Waals surface area contributed by atoms with Gasteiger partial charge in [0.15, 0.2) is 6.23 Å². The molecule has 1 heterocycles.